The number of rotatable bonds is 8. The van der Waals surface area contributed by atoms with Gasteiger partial charge in [-0.15, -0.1) is 24.8 Å². The quantitative estimate of drug-likeness (QED) is 0.732. The van der Waals surface area contributed by atoms with E-state index < -0.39 is 6.04 Å². The fourth-order valence-electron chi connectivity index (χ4n) is 2.51. The zero-order valence-corrected chi connectivity index (χ0v) is 16.4. The Morgan fingerprint density at radius 3 is 2.44 bits per heavy atom. The Labute approximate surface area is 162 Å². The van der Waals surface area contributed by atoms with Crippen molar-refractivity contribution < 1.29 is 4.79 Å². The molecule has 3 N–H and O–H groups in total. The molecule has 1 amide bonds. The van der Waals surface area contributed by atoms with Crippen molar-refractivity contribution >= 4 is 30.7 Å². The number of nitrogens with one attached hydrogen (secondary N) is 1. The zero-order valence-electron chi connectivity index (χ0n) is 14.7. The number of carbonyl (C=O) groups is 1. The molecule has 1 aromatic heterocycles. The minimum Gasteiger partial charge on any atom is -0.352 e. The average Bonchev–Trinajstić information content (AvgIpc) is 3.00. The van der Waals surface area contributed by atoms with Gasteiger partial charge in [-0.1, -0.05) is 44.2 Å². The van der Waals surface area contributed by atoms with Crippen LogP contribution in [0.5, 0.6) is 0 Å². The molecule has 1 atom stereocenters. The van der Waals surface area contributed by atoms with Gasteiger partial charge in [0.05, 0.1) is 18.1 Å². The van der Waals surface area contributed by atoms with Gasteiger partial charge in [0.2, 0.25) is 5.91 Å². The Morgan fingerprint density at radius 1 is 1.20 bits per heavy atom. The van der Waals surface area contributed by atoms with E-state index in [4.69, 9.17) is 5.73 Å². The summed E-state index contributed by atoms with van der Waals surface area (Å²) in [5, 5.41) is 2.98. The lowest BCUT2D eigenvalue weighted by molar-refractivity contribution is -0.123. The van der Waals surface area contributed by atoms with Crippen LogP contribution in [-0.2, 0) is 17.8 Å². The summed E-state index contributed by atoms with van der Waals surface area (Å²) >= 11 is 0. The van der Waals surface area contributed by atoms with E-state index in [1.165, 1.54) is 5.56 Å². The average molecular weight is 387 g/mol. The van der Waals surface area contributed by atoms with Gasteiger partial charge >= 0.3 is 0 Å². The third-order valence-corrected chi connectivity index (χ3v) is 3.99. The van der Waals surface area contributed by atoms with Crippen LogP contribution in [0.4, 0.5) is 0 Å². The molecule has 0 saturated carbocycles. The van der Waals surface area contributed by atoms with Crippen molar-refractivity contribution in [3.63, 3.8) is 0 Å². The molecule has 1 heterocycles. The van der Waals surface area contributed by atoms with Crippen molar-refractivity contribution in [3.8, 4) is 0 Å². The van der Waals surface area contributed by atoms with Gasteiger partial charge in [0.1, 0.15) is 0 Å². The van der Waals surface area contributed by atoms with Crippen LogP contribution in [0, 0.1) is 0 Å². The molecule has 0 aliphatic rings. The van der Waals surface area contributed by atoms with Crippen LogP contribution in [0.25, 0.3) is 0 Å². The van der Waals surface area contributed by atoms with Crippen LogP contribution in [-0.4, -0.2) is 27.5 Å². The first-order valence-corrected chi connectivity index (χ1v) is 8.22. The number of halogens is 2. The first kappa shape index (κ1) is 23.4. The SMILES string of the molecule is CCC(CC)NC(=O)[C@@H](N)Cc1cn(Cc2ccccc2)cn1.Cl.Cl. The molecule has 1 aromatic carbocycles. The molecule has 0 spiro atoms. The van der Waals surface area contributed by atoms with Gasteiger partial charge in [0.15, 0.2) is 0 Å². The first-order valence-electron chi connectivity index (χ1n) is 8.22. The number of hydrogen-bond acceptors (Lipinski definition) is 3. The summed E-state index contributed by atoms with van der Waals surface area (Å²) in [5.41, 5.74) is 8.06. The summed E-state index contributed by atoms with van der Waals surface area (Å²) in [5.74, 6) is -0.101. The Balaban J connectivity index is 0.00000288. The van der Waals surface area contributed by atoms with E-state index in [1.54, 1.807) is 6.33 Å². The third-order valence-electron chi connectivity index (χ3n) is 3.99. The molecule has 0 aliphatic heterocycles. The van der Waals surface area contributed by atoms with Gasteiger partial charge in [0, 0.05) is 25.2 Å². The lowest BCUT2D eigenvalue weighted by Gasteiger charge is -2.17. The number of imidazole rings is 1. The maximum Gasteiger partial charge on any atom is 0.237 e. The Kier molecular flexibility index (Phi) is 11.2. The Bertz CT molecular complexity index is 615. The number of aromatic nitrogens is 2. The molecule has 140 valence electrons. The topological polar surface area (TPSA) is 72.9 Å². The highest BCUT2D eigenvalue weighted by molar-refractivity contribution is 5.85. The summed E-state index contributed by atoms with van der Waals surface area (Å²) in [7, 11) is 0. The summed E-state index contributed by atoms with van der Waals surface area (Å²) in [6, 6.07) is 9.83. The van der Waals surface area contributed by atoms with E-state index in [-0.39, 0.29) is 36.8 Å². The van der Waals surface area contributed by atoms with Gasteiger partial charge in [-0.05, 0) is 18.4 Å². The molecule has 0 saturated heterocycles. The largest absolute Gasteiger partial charge is 0.352 e. The van der Waals surface area contributed by atoms with Crippen LogP contribution >= 0.6 is 24.8 Å². The van der Waals surface area contributed by atoms with E-state index in [1.807, 2.05) is 29.0 Å². The molecule has 0 fully saturated rings. The van der Waals surface area contributed by atoms with Crippen molar-refractivity contribution in [2.75, 3.05) is 0 Å². The van der Waals surface area contributed by atoms with Gasteiger partial charge in [0.25, 0.3) is 0 Å². The van der Waals surface area contributed by atoms with Crippen molar-refractivity contribution in [1.82, 2.24) is 14.9 Å². The Morgan fingerprint density at radius 2 is 1.84 bits per heavy atom. The van der Waals surface area contributed by atoms with Gasteiger partial charge in [-0.3, -0.25) is 4.79 Å². The van der Waals surface area contributed by atoms with E-state index in [0.717, 1.165) is 25.1 Å². The standard InChI is InChI=1S/C18H26N4O.2ClH/c1-3-15(4-2)21-18(23)17(19)10-16-12-22(13-20-16)11-14-8-6-5-7-9-14;;/h5-9,12-13,15,17H,3-4,10-11,19H2,1-2H3,(H,21,23);2*1H/t17-;;/m0../s1. The molecule has 2 aromatic rings. The molecule has 7 heteroatoms. The van der Waals surface area contributed by atoms with E-state index in [0.29, 0.717) is 6.42 Å². The summed E-state index contributed by atoms with van der Waals surface area (Å²) < 4.78 is 2.01. The molecule has 0 radical (unpaired) electrons. The predicted octanol–water partition coefficient (Wildman–Crippen LogP) is 2.95. The second-order valence-corrected chi connectivity index (χ2v) is 5.86. The normalized spacial score (nSPS) is 11.4. The highest BCUT2D eigenvalue weighted by Gasteiger charge is 2.17. The molecular weight excluding hydrogens is 359 g/mol. The van der Waals surface area contributed by atoms with Gasteiger partial charge in [-0.25, -0.2) is 4.98 Å². The van der Waals surface area contributed by atoms with Crippen LogP contribution in [0.2, 0.25) is 0 Å². The lowest BCUT2D eigenvalue weighted by Crippen LogP contribution is -2.46. The molecular formula is C18H28Cl2N4O. The van der Waals surface area contributed by atoms with Crippen LogP contribution in [0.3, 0.4) is 0 Å². The van der Waals surface area contributed by atoms with Crippen LogP contribution in [0.1, 0.15) is 37.9 Å². The van der Waals surface area contributed by atoms with Crippen LogP contribution < -0.4 is 11.1 Å². The highest BCUT2D eigenvalue weighted by atomic mass is 35.5. The minimum absolute atomic E-state index is 0. The number of carbonyl (C=O) groups excluding carboxylic acids is 1. The maximum absolute atomic E-state index is 12.1. The van der Waals surface area contributed by atoms with Gasteiger partial charge in [-0.2, -0.15) is 0 Å². The maximum atomic E-state index is 12.1. The molecule has 5 nitrogen and oxygen atoms in total. The van der Waals surface area contributed by atoms with Crippen molar-refractivity contribution in [2.24, 2.45) is 5.73 Å². The number of amides is 1. The number of hydrogen-bond donors (Lipinski definition) is 2. The molecule has 0 unspecified atom stereocenters. The van der Waals surface area contributed by atoms with Crippen molar-refractivity contribution in [2.45, 2.75) is 51.7 Å². The number of benzene rings is 1. The fourth-order valence-corrected chi connectivity index (χ4v) is 2.51. The zero-order chi connectivity index (χ0) is 16.7. The lowest BCUT2D eigenvalue weighted by atomic mass is 10.1. The second-order valence-electron chi connectivity index (χ2n) is 5.86. The predicted molar refractivity (Wildman–Crippen MR) is 106 cm³/mol. The summed E-state index contributed by atoms with van der Waals surface area (Å²) in [6.45, 7) is 4.89. The van der Waals surface area contributed by atoms with Gasteiger partial charge < -0.3 is 15.6 Å². The van der Waals surface area contributed by atoms with E-state index in [9.17, 15) is 4.79 Å². The Hall–Kier alpha value is -1.56. The molecule has 25 heavy (non-hydrogen) atoms. The summed E-state index contributed by atoms with van der Waals surface area (Å²) in [4.78, 5) is 16.5. The number of nitrogens with two attached hydrogens (primary N) is 1. The molecule has 0 aliphatic carbocycles. The molecule has 0 bridgehead atoms. The van der Waals surface area contributed by atoms with E-state index in [2.05, 4.69) is 36.3 Å². The van der Waals surface area contributed by atoms with Crippen molar-refractivity contribution in [3.05, 3.63) is 54.1 Å². The third kappa shape index (κ3) is 7.46. The van der Waals surface area contributed by atoms with E-state index >= 15 is 0 Å². The first-order chi connectivity index (χ1) is 11.1. The highest BCUT2D eigenvalue weighted by Crippen LogP contribution is 2.06. The second kappa shape index (κ2) is 11.9. The minimum atomic E-state index is -0.560. The number of nitrogens with zero attached hydrogens (tertiary/aromatic N) is 2. The fraction of sp³-hybridized carbons (Fsp3) is 0.444. The van der Waals surface area contributed by atoms with Crippen molar-refractivity contribution in [1.29, 1.82) is 0 Å². The smallest absolute Gasteiger partial charge is 0.237 e. The summed E-state index contributed by atoms with van der Waals surface area (Å²) in [6.07, 6.45) is 6.03. The molecule has 2 rings (SSSR count). The monoisotopic (exact) mass is 386 g/mol. The van der Waals surface area contributed by atoms with Crippen LogP contribution in [0.15, 0.2) is 42.9 Å².